The van der Waals surface area contributed by atoms with Crippen molar-refractivity contribution in [1.82, 2.24) is 0 Å². The van der Waals surface area contributed by atoms with Crippen molar-refractivity contribution in [3.8, 4) is 11.1 Å². The summed E-state index contributed by atoms with van der Waals surface area (Å²) in [5.74, 6) is 0.454. The Hall–Kier alpha value is -2.08. The second-order valence-corrected chi connectivity index (χ2v) is 12.8. The van der Waals surface area contributed by atoms with Crippen molar-refractivity contribution in [2.45, 2.75) is 86.5 Å². The van der Waals surface area contributed by atoms with E-state index in [1.165, 1.54) is 50.1 Å². The van der Waals surface area contributed by atoms with Gasteiger partial charge in [-0.2, -0.15) is 0 Å². The molecule has 0 aliphatic heterocycles. The minimum atomic E-state index is 0.112. The highest BCUT2D eigenvalue weighted by molar-refractivity contribution is 5.88. The smallest absolute Gasteiger partial charge is 0.000184 e. The van der Waals surface area contributed by atoms with Gasteiger partial charge in [0.1, 0.15) is 0 Å². The van der Waals surface area contributed by atoms with Gasteiger partial charge in [0, 0.05) is 5.92 Å². The third-order valence-electron chi connectivity index (χ3n) is 7.14. The van der Waals surface area contributed by atoms with Crippen LogP contribution in [0.4, 0.5) is 0 Å². The van der Waals surface area contributed by atoms with Crippen molar-refractivity contribution < 1.29 is 0 Å². The molecule has 0 spiro atoms. The molecule has 0 bridgehead atoms. The predicted molar refractivity (Wildman–Crippen MR) is 137 cm³/mol. The molecule has 0 radical (unpaired) electrons. The van der Waals surface area contributed by atoms with Gasteiger partial charge >= 0.3 is 0 Å². The summed E-state index contributed by atoms with van der Waals surface area (Å²) in [6.07, 6.45) is 6.03. The summed E-state index contributed by atoms with van der Waals surface area (Å²) < 4.78 is 0. The summed E-state index contributed by atoms with van der Waals surface area (Å²) in [5.41, 5.74) is 13.8. The van der Waals surface area contributed by atoms with Gasteiger partial charge in [0.25, 0.3) is 0 Å². The maximum absolute atomic E-state index is 2.50. The maximum Gasteiger partial charge on any atom is 0.000184 e. The fraction of sp³-hybridized carbons (Fsp3) is 0.484. The van der Waals surface area contributed by atoms with Crippen LogP contribution in [0.15, 0.2) is 48.1 Å². The van der Waals surface area contributed by atoms with E-state index in [0.717, 1.165) is 6.42 Å². The molecule has 31 heavy (non-hydrogen) atoms. The summed E-state index contributed by atoms with van der Waals surface area (Å²) in [6, 6.07) is 12.0. The minimum absolute atomic E-state index is 0.112. The van der Waals surface area contributed by atoms with E-state index in [2.05, 4.69) is 112 Å². The first-order valence-electron chi connectivity index (χ1n) is 11.9. The first-order chi connectivity index (χ1) is 14.2. The zero-order valence-corrected chi connectivity index (χ0v) is 21.3. The number of hydrogen-bond donors (Lipinski definition) is 0. The lowest BCUT2D eigenvalue weighted by Gasteiger charge is -2.27. The third kappa shape index (κ3) is 3.84. The van der Waals surface area contributed by atoms with Crippen molar-refractivity contribution in [2.24, 2.45) is 11.3 Å². The first kappa shape index (κ1) is 22.1. The van der Waals surface area contributed by atoms with Crippen LogP contribution in [-0.4, -0.2) is 0 Å². The van der Waals surface area contributed by atoms with Gasteiger partial charge in [-0.15, -0.1) is 0 Å². The van der Waals surface area contributed by atoms with Crippen LogP contribution < -0.4 is 0 Å². The number of rotatable bonds is 1. The van der Waals surface area contributed by atoms with E-state index in [-0.39, 0.29) is 16.2 Å². The van der Waals surface area contributed by atoms with Crippen molar-refractivity contribution in [3.63, 3.8) is 0 Å². The predicted octanol–water partition coefficient (Wildman–Crippen LogP) is 8.86. The van der Waals surface area contributed by atoms with Crippen LogP contribution in [0.2, 0.25) is 0 Å². The van der Waals surface area contributed by atoms with E-state index in [1.54, 1.807) is 0 Å². The van der Waals surface area contributed by atoms with Gasteiger partial charge < -0.3 is 0 Å². The zero-order chi connectivity index (χ0) is 22.9. The maximum atomic E-state index is 2.50. The van der Waals surface area contributed by atoms with Crippen LogP contribution in [0.5, 0.6) is 0 Å². The summed E-state index contributed by atoms with van der Waals surface area (Å²) in [6.45, 7) is 23.4. The molecule has 0 fully saturated rings. The van der Waals surface area contributed by atoms with Crippen LogP contribution in [0, 0.1) is 11.3 Å². The monoisotopic (exact) mass is 412 g/mol. The van der Waals surface area contributed by atoms with Gasteiger partial charge in [0.15, 0.2) is 0 Å². The van der Waals surface area contributed by atoms with Gasteiger partial charge in [-0.25, -0.2) is 0 Å². The molecular formula is C31H40. The molecule has 0 saturated carbocycles. The minimum Gasteiger partial charge on any atom is -0.0735 e. The highest BCUT2D eigenvalue weighted by Gasteiger charge is 2.33. The normalized spacial score (nSPS) is 18.6. The van der Waals surface area contributed by atoms with E-state index in [4.69, 9.17) is 0 Å². The zero-order valence-electron chi connectivity index (χ0n) is 21.3. The van der Waals surface area contributed by atoms with E-state index < -0.39 is 0 Å². The van der Waals surface area contributed by atoms with Crippen LogP contribution in [-0.2, 0) is 17.3 Å². The topological polar surface area (TPSA) is 0 Å². The molecule has 2 aromatic carbocycles. The van der Waals surface area contributed by atoms with Crippen molar-refractivity contribution >= 4 is 5.57 Å². The lowest BCUT2D eigenvalue weighted by molar-refractivity contribution is 0.516. The Morgan fingerprint density at radius 3 is 1.94 bits per heavy atom. The molecule has 0 N–H and O–H groups in total. The lowest BCUT2D eigenvalue weighted by atomic mass is 9.77. The summed E-state index contributed by atoms with van der Waals surface area (Å²) in [4.78, 5) is 0. The van der Waals surface area contributed by atoms with Gasteiger partial charge in [0.2, 0.25) is 0 Å². The molecule has 164 valence electrons. The number of benzene rings is 2. The molecule has 0 heterocycles. The molecule has 0 aromatic heterocycles. The summed E-state index contributed by atoms with van der Waals surface area (Å²) in [7, 11) is 0. The van der Waals surface area contributed by atoms with Gasteiger partial charge in [-0.1, -0.05) is 112 Å². The summed E-state index contributed by atoms with van der Waals surface area (Å²) in [5, 5.41) is 0. The molecule has 2 aliphatic carbocycles. The molecule has 1 unspecified atom stereocenters. The molecule has 0 heteroatoms. The Kier molecular flexibility index (Phi) is 4.97. The molecule has 2 aliphatic rings. The van der Waals surface area contributed by atoms with Gasteiger partial charge in [0.05, 0.1) is 0 Å². The Balaban J connectivity index is 1.92. The quantitative estimate of drug-likeness (QED) is 0.374. The fourth-order valence-electron chi connectivity index (χ4n) is 5.17. The van der Waals surface area contributed by atoms with Crippen LogP contribution in [0.25, 0.3) is 16.7 Å². The van der Waals surface area contributed by atoms with Crippen LogP contribution in [0.3, 0.4) is 0 Å². The lowest BCUT2D eigenvalue weighted by Crippen LogP contribution is -2.16. The van der Waals surface area contributed by atoms with E-state index in [9.17, 15) is 0 Å². The van der Waals surface area contributed by atoms with E-state index in [0.29, 0.717) is 5.92 Å². The Labute approximate surface area is 190 Å². The average molecular weight is 413 g/mol. The van der Waals surface area contributed by atoms with Crippen molar-refractivity contribution in [1.29, 1.82) is 0 Å². The average Bonchev–Trinajstić information content (AvgIpc) is 3.19. The Morgan fingerprint density at radius 1 is 0.742 bits per heavy atom. The Bertz CT molecular complexity index is 1100. The third-order valence-corrected chi connectivity index (χ3v) is 7.14. The molecule has 0 saturated heterocycles. The number of allylic oxidation sites excluding steroid dienone is 4. The van der Waals surface area contributed by atoms with Gasteiger partial charge in [-0.3, -0.25) is 0 Å². The highest BCUT2D eigenvalue weighted by atomic mass is 14.4. The van der Waals surface area contributed by atoms with Crippen LogP contribution in [0.1, 0.15) is 97.1 Å². The molecule has 1 atom stereocenters. The van der Waals surface area contributed by atoms with Crippen molar-refractivity contribution in [3.05, 3.63) is 75.9 Å². The SMILES string of the molecule is CC1C=C(C(C)(C)C)C=C1c1c(C(C)(C)C)ccc2c1Cc1cc(C(C)(C)C)ccc1-2. The molecule has 4 rings (SSSR count). The molecule has 0 nitrogen and oxygen atoms in total. The molecular weight excluding hydrogens is 372 g/mol. The van der Waals surface area contributed by atoms with Gasteiger partial charge in [-0.05, 0) is 72.8 Å². The van der Waals surface area contributed by atoms with Crippen molar-refractivity contribution in [2.75, 3.05) is 0 Å². The van der Waals surface area contributed by atoms with Crippen LogP contribution >= 0.6 is 0 Å². The first-order valence-corrected chi connectivity index (χ1v) is 11.9. The second-order valence-electron chi connectivity index (χ2n) is 12.8. The van der Waals surface area contributed by atoms with E-state index in [1.807, 2.05) is 0 Å². The molecule has 0 amide bonds. The summed E-state index contributed by atoms with van der Waals surface area (Å²) >= 11 is 0. The second kappa shape index (κ2) is 6.96. The van der Waals surface area contributed by atoms with E-state index >= 15 is 0 Å². The Morgan fingerprint density at radius 2 is 1.39 bits per heavy atom. The molecule has 2 aromatic rings. The number of fused-ring (bicyclic) bond motifs is 3. The standard InChI is InChI=1S/C31H40/c1-19-15-22(30(5,6)7)18-25(19)28-26-17-20-16-21(29(2,3)4)11-12-23(20)24(26)13-14-27(28)31(8,9)10/h11-16,18-19H,17H2,1-10H3. The number of hydrogen-bond acceptors (Lipinski definition) is 0. The highest BCUT2D eigenvalue weighted by Crippen LogP contribution is 2.49. The largest absolute Gasteiger partial charge is 0.0735 e. The fourth-order valence-corrected chi connectivity index (χ4v) is 5.17.